The van der Waals surface area contributed by atoms with Gasteiger partial charge in [-0.2, -0.15) is 5.10 Å². The highest BCUT2D eigenvalue weighted by Gasteiger charge is 2.21. The average Bonchev–Trinajstić information content (AvgIpc) is 3.35. The molecule has 1 fully saturated rings. The van der Waals surface area contributed by atoms with Crippen LogP contribution in [0.5, 0.6) is 0 Å². The highest BCUT2D eigenvalue weighted by atomic mass is 19.2. The van der Waals surface area contributed by atoms with Gasteiger partial charge in [0.05, 0.1) is 22.8 Å². The monoisotopic (exact) mass is 487 g/mol. The number of anilines is 1. The first-order valence-electron chi connectivity index (χ1n) is 11.9. The molecule has 6 rings (SSSR count). The SMILES string of the molecule is Fc1ccc(CCNc2ncc3cc(-c4ncnc5c4cnn5[C@H]4CCCCO4)ccc3n2)cc1F. The standard InChI is InChI=1S/C26H23F2N7O/c27-20-6-4-16(11-21(20)28)8-9-29-26-30-13-18-12-17(5-7-22(18)34-26)24-19-14-33-35(25(19)32-15-31-24)23-3-1-2-10-36-23/h4-7,11-15,23H,1-3,8-10H2,(H,29,30,34)/t23-/m1/s1. The van der Waals surface area contributed by atoms with Crippen LogP contribution in [0.3, 0.4) is 0 Å². The minimum absolute atomic E-state index is 0.1000. The van der Waals surface area contributed by atoms with Crippen molar-refractivity contribution in [3.8, 4) is 11.3 Å². The van der Waals surface area contributed by atoms with E-state index in [0.29, 0.717) is 24.5 Å². The molecule has 3 aromatic heterocycles. The topological polar surface area (TPSA) is 90.6 Å². The van der Waals surface area contributed by atoms with Gasteiger partial charge in [-0.15, -0.1) is 0 Å². The average molecular weight is 488 g/mol. The molecule has 1 saturated heterocycles. The summed E-state index contributed by atoms with van der Waals surface area (Å²) in [4.78, 5) is 18.0. The van der Waals surface area contributed by atoms with Gasteiger partial charge >= 0.3 is 0 Å². The maximum absolute atomic E-state index is 13.4. The number of nitrogens with one attached hydrogen (secondary N) is 1. The first-order chi connectivity index (χ1) is 17.7. The van der Waals surface area contributed by atoms with Gasteiger partial charge in [-0.1, -0.05) is 12.1 Å². The molecular formula is C26H23F2N7O. The lowest BCUT2D eigenvalue weighted by Gasteiger charge is -2.22. The lowest BCUT2D eigenvalue weighted by molar-refractivity contribution is -0.0370. The minimum atomic E-state index is -0.848. The Balaban J connectivity index is 1.21. The third-order valence-electron chi connectivity index (χ3n) is 6.35. The molecule has 0 aliphatic carbocycles. The van der Waals surface area contributed by atoms with Crippen molar-refractivity contribution < 1.29 is 13.5 Å². The molecule has 2 aromatic carbocycles. The predicted octanol–water partition coefficient (Wildman–Crippen LogP) is 5.07. The summed E-state index contributed by atoms with van der Waals surface area (Å²) in [6.07, 6.45) is 8.61. The van der Waals surface area contributed by atoms with Crippen LogP contribution >= 0.6 is 0 Å². The second kappa shape index (κ2) is 9.54. The molecule has 1 N–H and O–H groups in total. The van der Waals surface area contributed by atoms with Crippen LogP contribution < -0.4 is 5.32 Å². The van der Waals surface area contributed by atoms with Crippen LogP contribution in [0.25, 0.3) is 33.2 Å². The fraction of sp³-hybridized carbons (Fsp3) is 0.269. The van der Waals surface area contributed by atoms with E-state index >= 15 is 0 Å². The molecule has 1 aliphatic heterocycles. The number of ether oxygens (including phenoxy) is 1. The van der Waals surface area contributed by atoms with Gasteiger partial charge in [0.1, 0.15) is 6.33 Å². The van der Waals surface area contributed by atoms with Gasteiger partial charge in [0.15, 0.2) is 23.5 Å². The first-order valence-corrected chi connectivity index (χ1v) is 11.9. The second-order valence-corrected chi connectivity index (χ2v) is 8.76. The Morgan fingerprint density at radius 3 is 2.81 bits per heavy atom. The fourth-order valence-electron chi connectivity index (χ4n) is 4.50. The maximum Gasteiger partial charge on any atom is 0.223 e. The summed E-state index contributed by atoms with van der Waals surface area (Å²) in [7, 11) is 0. The van der Waals surface area contributed by atoms with E-state index in [1.807, 2.05) is 22.9 Å². The molecule has 0 radical (unpaired) electrons. The lowest BCUT2D eigenvalue weighted by Crippen LogP contribution is -2.19. The quantitative estimate of drug-likeness (QED) is 0.358. The van der Waals surface area contributed by atoms with Crippen LogP contribution in [0.4, 0.5) is 14.7 Å². The van der Waals surface area contributed by atoms with Crippen LogP contribution in [-0.2, 0) is 11.2 Å². The number of hydrogen-bond donors (Lipinski definition) is 1. The zero-order valence-corrected chi connectivity index (χ0v) is 19.4. The van der Waals surface area contributed by atoms with Gasteiger partial charge in [-0.05, 0) is 55.5 Å². The highest BCUT2D eigenvalue weighted by molar-refractivity contribution is 5.93. The van der Waals surface area contributed by atoms with Crippen molar-refractivity contribution in [1.29, 1.82) is 0 Å². The van der Waals surface area contributed by atoms with Crippen LogP contribution in [0, 0.1) is 11.6 Å². The number of fused-ring (bicyclic) bond motifs is 2. The lowest BCUT2D eigenvalue weighted by atomic mass is 10.1. The molecule has 5 aromatic rings. The fourth-order valence-corrected chi connectivity index (χ4v) is 4.50. The van der Waals surface area contributed by atoms with E-state index in [1.165, 1.54) is 6.07 Å². The molecule has 0 saturated carbocycles. The van der Waals surface area contributed by atoms with Gasteiger partial charge in [-0.25, -0.2) is 33.4 Å². The third kappa shape index (κ3) is 4.35. The number of nitrogens with zero attached hydrogens (tertiary/aromatic N) is 6. The summed E-state index contributed by atoms with van der Waals surface area (Å²) >= 11 is 0. The van der Waals surface area contributed by atoms with Gasteiger partial charge in [0, 0.05) is 30.3 Å². The van der Waals surface area contributed by atoms with Crippen LogP contribution in [0.1, 0.15) is 31.1 Å². The number of aromatic nitrogens is 6. The highest BCUT2D eigenvalue weighted by Crippen LogP contribution is 2.31. The molecular weight excluding hydrogens is 464 g/mol. The molecule has 10 heteroatoms. The Kier molecular flexibility index (Phi) is 5.94. The van der Waals surface area contributed by atoms with Crippen molar-refractivity contribution in [2.75, 3.05) is 18.5 Å². The molecule has 0 unspecified atom stereocenters. The smallest absolute Gasteiger partial charge is 0.223 e. The van der Waals surface area contributed by atoms with Gasteiger partial charge in [0.25, 0.3) is 0 Å². The molecule has 1 aliphatic rings. The Hall–Kier alpha value is -4.05. The van der Waals surface area contributed by atoms with E-state index in [2.05, 4.69) is 30.4 Å². The minimum Gasteiger partial charge on any atom is -0.356 e. The summed E-state index contributed by atoms with van der Waals surface area (Å²) in [5.41, 5.74) is 3.94. The second-order valence-electron chi connectivity index (χ2n) is 8.76. The predicted molar refractivity (Wildman–Crippen MR) is 131 cm³/mol. The summed E-state index contributed by atoms with van der Waals surface area (Å²) < 4.78 is 34.2. The van der Waals surface area contributed by atoms with Crippen LogP contribution in [0.2, 0.25) is 0 Å². The van der Waals surface area contributed by atoms with E-state index < -0.39 is 11.6 Å². The molecule has 1 atom stereocenters. The number of rotatable bonds is 6. The Morgan fingerprint density at radius 2 is 1.94 bits per heavy atom. The number of benzene rings is 2. The van der Waals surface area contributed by atoms with Crippen molar-refractivity contribution in [3.63, 3.8) is 0 Å². The third-order valence-corrected chi connectivity index (χ3v) is 6.35. The van der Waals surface area contributed by atoms with E-state index in [-0.39, 0.29) is 6.23 Å². The van der Waals surface area contributed by atoms with Gasteiger partial charge in [0.2, 0.25) is 5.95 Å². The largest absolute Gasteiger partial charge is 0.356 e. The Labute approximate surface area is 205 Å². The summed E-state index contributed by atoms with van der Waals surface area (Å²) in [5, 5.41) is 9.43. The molecule has 0 amide bonds. The van der Waals surface area contributed by atoms with Crippen LogP contribution in [0.15, 0.2) is 55.1 Å². The number of hydrogen-bond acceptors (Lipinski definition) is 7. The van der Waals surface area contributed by atoms with E-state index in [0.717, 1.165) is 65.1 Å². The van der Waals surface area contributed by atoms with Gasteiger partial charge < -0.3 is 10.1 Å². The summed E-state index contributed by atoms with van der Waals surface area (Å²) in [5.74, 6) is -1.23. The zero-order chi connectivity index (χ0) is 24.5. The molecule has 4 heterocycles. The molecule has 182 valence electrons. The first kappa shape index (κ1) is 22.4. The van der Waals surface area contributed by atoms with Crippen molar-refractivity contribution in [3.05, 3.63) is 72.3 Å². The van der Waals surface area contributed by atoms with Crippen molar-refractivity contribution >= 4 is 27.9 Å². The molecule has 36 heavy (non-hydrogen) atoms. The Bertz CT molecular complexity index is 1550. The van der Waals surface area contributed by atoms with Crippen molar-refractivity contribution in [2.24, 2.45) is 0 Å². The molecule has 0 spiro atoms. The van der Waals surface area contributed by atoms with Crippen molar-refractivity contribution in [2.45, 2.75) is 31.9 Å². The molecule has 8 nitrogen and oxygen atoms in total. The van der Waals surface area contributed by atoms with E-state index in [4.69, 9.17) is 4.74 Å². The van der Waals surface area contributed by atoms with E-state index in [9.17, 15) is 8.78 Å². The number of halogens is 2. The summed E-state index contributed by atoms with van der Waals surface area (Å²) in [6.45, 7) is 1.22. The Morgan fingerprint density at radius 1 is 1.00 bits per heavy atom. The van der Waals surface area contributed by atoms with Crippen molar-refractivity contribution in [1.82, 2.24) is 29.7 Å². The van der Waals surface area contributed by atoms with E-state index in [1.54, 1.807) is 24.8 Å². The molecule has 0 bridgehead atoms. The normalized spacial score (nSPS) is 16.0. The van der Waals surface area contributed by atoms with Gasteiger partial charge in [-0.3, -0.25) is 0 Å². The summed E-state index contributed by atoms with van der Waals surface area (Å²) in [6, 6.07) is 9.80. The zero-order valence-electron chi connectivity index (χ0n) is 19.4. The maximum atomic E-state index is 13.4. The van der Waals surface area contributed by atoms with Crippen LogP contribution in [-0.4, -0.2) is 42.9 Å².